The lowest BCUT2D eigenvalue weighted by Gasteiger charge is -2.28. The minimum atomic E-state index is -1.49. The monoisotopic (exact) mass is 582 g/mol. The number of hydrogen-bond donors (Lipinski definition) is 0. The standard InChI is InChI=1S/C36H51FO5/c1-3-5-7-8-9-10-11-27-40-31-25-19-30(20-26-31)35(38)41-32-21-15-28(16-22-32)13-14-29-17-23-33(24-18-29)42-36(39)34(37)12-6-4-2/h15-16,19-22,25-26,29,33-34H,3-14,17-18,23-24,27H2,1-2H3/t29-,33-,34-/m0/s1. The van der Waals surface area contributed by atoms with E-state index in [0.717, 1.165) is 57.1 Å². The summed E-state index contributed by atoms with van der Waals surface area (Å²) >= 11 is 0. The van der Waals surface area contributed by atoms with Crippen LogP contribution in [0, 0.1) is 5.92 Å². The Hall–Kier alpha value is -2.89. The number of hydrogen-bond acceptors (Lipinski definition) is 5. The molecule has 42 heavy (non-hydrogen) atoms. The van der Waals surface area contributed by atoms with Crippen molar-refractivity contribution in [1.82, 2.24) is 0 Å². The molecule has 0 saturated heterocycles. The van der Waals surface area contributed by atoms with Gasteiger partial charge in [-0.3, -0.25) is 0 Å². The zero-order valence-corrected chi connectivity index (χ0v) is 25.8. The Morgan fingerprint density at radius 2 is 1.40 bits per heavy atom. The number of benzene rings is 2. The van der Waals surface area contributed by atoms with E-state index >= 15 is 0 Å². The Labute approximate surface area is 252 Å². The molecule has 232 valence electrons. The predicted octanol–water partition coefficient (Wildman–Crippen LogP) is 9.60. The van der Waals surface area contributed by atoms with Crippen LogP contribution >= 0.6 is 0 Å². The maximum Gasteiger partial charge on any atom is 0.343 e. The van der Waals surface area contributed by atoms with E-state index in [2.05, 4.69) is 6.92 Å². The third-order valence-corrected chi connectivity index (χ3v) is 8.23. The second kappa shape index (κ2) is 19.3. The molecule has 0 spiro atoms. The van der Waals surface area contributed by atoms with Crippen molar-refractivity contribution in [2.75, 3.05) is 6.61 Å². The molecule has 6 heteroatoms. The maximum absolute atomic E-state index is 13.9. The topological polar surface area (TPSA) is 61.8 Å². The average molecular weight is 583 g/mol. The van der Waals surface area contributed by atoms with Gasteiger partial charge < -0.3 is 14.2 Å². The number of esters is 2. The van der Waals surface area contributed by atoms with Gasteiger partial charge >= 0.3 is 11.9 Å². The predicted molar refractivity (Wildman–Crippen MR) is 166 cm³/mol. The number of carbonyl (C=O) groups is 2. The van der Waals surface area contributed by atoms with Gasteiger partial charge in [0, 0.05) is 0 Å². The highest BCUT2D eigenvalue weighted by Crippen LogP contribution is 2.30. The van der Waals surface area contributed by atoms with E-state index in [-0.39, 0.29) is 18.5 Å². The summed E-state index contributed by atoms with van der Waals surface area (Å²) in [6.07, 6.45) is 14.5. The van der Waals surface area contributed by atoms with Crippen LogP contribution < -0.4 is 9.47 Å². The highest BCUT2D eigenvalue weighted by atomic mass is 19.1. The van der Waals surface area contributed by atoms with E-state index in [0.29, 0.717) is 30.3 Å². The largest absolute Gasteiger partial charge is 0.494 e. The van der Waals surface area contributed by atoms with Gasteiger partial charge in [0.15, 0.2) is 6.17 Å². The molecule has 1 atom stereocenters. The van der Waals surface area contributed by atoms with Crippen molar-refractivity contribution in [3.05, 3.63) is 59.7 Å². The molecule has 0 bridgehead atoms. The van der Waals surface area contributed by atoms with Gasteiger partial charge in [0.2, 0.25) is 0 Å². The lowest BCUT2D eigenvalue weighted by Crippen LogP contribution is -2.29. The molecule has 0 radical (unpaired) electrons. The SMILES string of the molecule is CCCCCCCCCOc1ccc(C(=O)Oc2ccc(CC[C@H]3CC[C@H](OC(=O)[C@@H](F)CCCC)CC3)cc2)cc1. The van der Waals surface area contributed by atoms with Crippen LogP contribution in [0.15, 0.2) is 48.5 Å². The fraction of sp³-hybridized carbons (Fsp3) is 0.611. The molecule has 1 fully saturated rings. The van der Waals surface area contributed by atoms with Crippen LogP contribution in [0.2, 0.25) is 0 Å². The molecule has 0 aromatic heterocycles. The lowest BCUT2D eigenvalue weighted by molar-refractivity contribution is -0.157. The second-order valence-corrected chi connectivity index (χ2v) is 11.8. The number of halogens is 1. The second-order valence-electron chi connectivity index (χ2n) is 11.8. The van der Waals surface area contributed by atoms with E-state index in [1.54, 1.807) is 12.1 Å². The van der Waals surface area contributed by atoms with Gasteiger partial charge in [0.25, 0.3) is 0 Å². The van der Waals surface area contributed by atoms with E-state index < -0.39 is 12.1 Å². The third-order valence-electron chi connectivity index (χ3n) is 8.23. The maximum atomic E-state index is 13.9. The zero-order chi connectivity index (χ0) is 30.0. The van der Waals surface area contributed by atoms with Crippen molar-refractivity contribution >= 4 is 11.9 Å². The Balaban J connectivity index is 1.31. The number of unbranched alkanes of at least 4 members (excludes halogenated alkanes) is 7. The van der Waals surface area contributed by atoms with Crippen molar-refractivity contribution in [3.8, 4) is 11.5 Å². The highest BCUT2D eigenvalue weighted by Gasteiger charge is 2.27. The number of ether oxygens (including phenoxy) is 3. The molecule has 0 aliphatic heterocycles. The summed E-state index contributed by atoms with van der Waals surface area (Å²) in [5.74, 6) is 0.792. The van der Waals surface area contributed by atoms with Gasteiger partial charge in [-0.15, -0.1) is 0 Å². The average Bonchev–Trinajstić information content (AvgIpc) is 3.01. The summed E-state index contributed by atoms with van der Waals surface area (Å²) in [7, 11) is 0. The molecule has 1 saturated carbocycles. The highest BCUT2D eigenvalue weighted by molar-refractivity contribution is 5.91. The van der Waals surface area contributed by atoms with Gasteiger partial charge in [-0.05, 0) is 99.2 Å². The molecular formula is C36H51FO5. The lowest BCUT2D eigenvalue weighted by atomic mass is 9.83. The first-order valence-corrected chi connectivity index (χ1v) is 16.4. The molecule has 1 aliphatic rings. The first-order chi connectivity index (χ1) is 20.5. The van der Waals surface area contributed by atoms with E-state index in [1.165, 1.54) is 44.1 Å². The van der Waals surface area contributed by atoms with Gasteiger partial charge in [-0.25, -0.2) is 14.0 Å². The normalized spacial score (nSPS) is 17.4. The van der Waals surface area contributed by atoms with Gasteiger partial charge in [-0.1, -0.05) is 77.3 Å². The zero-order valence-electron chi connectivity index (χ0n) is 25.8. The summed E-state index contributed by atoms with van der Waals surface area (Å²) in [4.78, 5) is 24.6. The summed E-state index contributed by atoms with van der Waals surface area (Å²) in [5, 5.41) is 0. The van der Waals surface area contributed by atoms with Crippen molar-refractivity contribution < 1.29 is 28.2 Å². The third kappa shape index (κ3) is 12.5. The number of alkyl halides is 1. The molecule has 5 nitrogen and oxygen atoms in total. The van der Waals surface area contributed by atoms with Crippen LogP contribution in [0.25, 0.3) is 0 Å². The molecule has 1 aliphatic carbocycles. The van der Waals surface area contributed by atoms with Gasteiger partial charge in [0.1, 0.15) is 17.6 Å². The first-order valence-electron chi connectivity index (χ1n) is 16.4. The molecule has 3 rings (SSSR count). The fourth-order valence-electron chi connectivity index (χ4n) is 5.48. The van der Waals surface area contributed by atoms with E-state index in [4.69, 9.17) is 14.2 Å². The van der Waals surface area contributed by atoms with Crippen LogP contribution in [-0.2, 0) is 16.0 Å². The van der Waals surface area contributed by atoms with Crippen molar-refractivity contribution in [1.29, 1.82) is 0 Å². The molecule has 0 amide bonds. The molecule has 0 heterocycles. The minimum Gasteiger partial charge on any atom is -0.494 e. The molecular weight excluding hydrogens is 531 g/mol. The van der Waals surface area contributed by atoms with Crippen LogP contribution in [-0.4, -0.2) is 30.8 Å². The number of aryl methyl sites for hydroxylation is 1. The Morgan fingerprint density at radius 1 is 0.786 bits per heavy atom. The number of carbonyl (C=O) groups excluding carboxylic acids is 2. The molecule has 2 aromatic rings. The summed E-state index contributed by atoms with van der Waals surface area (Å²) in [6, 6.07) is 14.8. The smallest absolute Gasteiger partial charge is 0.343 e. The Bertz CT molecular complexity index is 1030. The van der Waals surface area contributed by atoms with Crippen molar-refractivity contribution in [3.63, 3.8) is 0 Å². The molecule has 0 unspecified atom stereocenters. The first kappa shape index (κ1) is 33.6. The molecule has 0 N–H and O–H groups in total. The van der Waals surface area contributed by atoms with Crippen LogP contribution in [0.5, 0.6) is 11.5 Å². The fourth-order valence-corrected chi connectivity index (χ4v) is 5.48. The van der Waals surface area contributed by atoms with Gasteiger partial charge in [0.05, 0.1) is 12.2 Å². The summed E-state index contributed by atoms with van der Waals surface area (Å²) in [6.45, 7) is 4.91. The van der Waals surface area contributed by atoms with Crippen LogP contribution in [0.4, 0.5) is 4.39 Å². The van der Waals surface area contributed by atoms with Crippen molar-refractivity contribution in [2.45, 2.75) is 129 Å². The van der Waals surface area contributed by atoms with Crippen molar-refractivity contribution in [2.24, 2.45) is 5.92 Å². The van der Waals surface area contributed by atoms with Crippen LogP contribution in [0.1, 0.15) is 126 Å². The molecule has 2 aromatic carbocycles. The Morgan fingerprint density at radius 3 is 2.07 bits per heavy atom. The van der Waals surface area contributed by atoms with E-state index in [9.17, 15) is 14.0 Å². The quantitative estimate of drug-likeness (QED) is 0.0937. The number of rotatable bonds is 19. The minimum absolute atomic E-state index is 0.152. The Kier molecular flexibility index (Phi) is 15.5. The van der Waals surface area contributed by atoms with Gasteiger partial charge in [-0.2, -0.15) is 0 Å². The van der Waals surface area contributed by atoms with E-state index in [1.807, 2.05) is 43.3 Å². The summed E-state index contributed by atoms with van der Waals surface area (Å²) in [5.41, 5.74) is 1.69. The summed E-state index contributed by atoms with van der Waals surface area (Å²) < 4.78 is 30.7. The van der Waals surface area contributed by atoms with Crippen LogP contribution in [0.3, 0.4) is 0 Å².